The number of nitrogens with zero attached hydrogens (tertiary/aromatic N) is 3. The first kappa shape index (κ1) is 11.9. The first-order valence-electron chi connectivity index (χ1n) is 6.50. The second kappa shape index (κ2) is 4.48. The van der Waals surface area contributed by atoms with E-state index in [0.29, 0.717) is 0 Å². The van der Waals surface area contributed by atoms with Crippen LogP contribution in [0.25, 0.3) is 5.13 Å². The van der Waals surface area contributed by atoms with Gasteiger partial charge in [-0.25, -0.2) is 0 Å². The van der Waals surface area contributed by atoms with Gasteiger partial charge in [0.15, 0.2) is 0 Å². The average Bonchev–Trinajstić information content (AvgIpc) is 2.93. The highest BCUT2D eigenvalue weighted by Gasteiger charge is 2.24. The Morgan fingerprint density at radius 2 is 2.33 bits per heavy atom. The molecule has 18 heavy (non-hydrogen) atoms. The Kier molecular flexibility index (Phi) is 2.95. The van der Waals surface area contributed by atoms with E-state index in [-0.39, 0.29) is 6.04 Å². The van der Waals surface area contributed by atoms with Crippen molar-refractivity contribution >= 4 is 11.3 Å². The maximum atomic E-state index is 6.19. The molecule has 0 radical (unpaired) electrons. The van der Waals surface area contributed by atoms with Crippen LogP contribution in [0.4, 0.5) is 0 Å². The van der Waals surface area contributed by atoms with Gasteiger partial charge in [0.25, 0.3) is 0 Å². The molecule has 1 unspecified atom stereocenters. The molecule has 4 nitrogen and oxygen atoms in total. The van der Waals surface area contributed by atoms with Crippen LogP contribution in [0.2, 0.25) is 0 Å². The van der Waals surface area contributed by atoms with E-state index in [1.165, 1.54) is 17.0 Å². The van der Waals surface area contributed by atoms with Crippen LogP contribution >= 0.6 is 11.3 Å². The lowest BCUT2D eigenvalue weighted by Crippen LogP contribution is -2.17. The summed E-state index contributed by atoms with van der Waals surface area (Å²) in [5.74, 6) is 0. The van der Waals surface area contributed by atoms with E-state index in [4.69, 9.17) is 5.73 Å². The molecule has 2 aromatic heterocycles. The molecule has 0 aliphatic heterocycles. The van der Waals surface area contributed by atoms with Gasteiger partial charge < -0.3 is 5.73 Å². The van der Waals surface area contributed by atoms with Crippen molar-refractivity contribution in [3.63, 3.8) is 0 Å². The van der Waals surface area contributed by atoms with Gasteiger partial charge in [-0.2, -0.15) is 0 Å². The van der Waals surface area contributed by atoms with Gasteiger partial charge in [0.2, 0.25) is 5.13 Å². The molecule has 1 aliphatic rings. The van der Waals surface area contributed by atoms with Crippen LogP contribution in [0.15, 0.2) is 6.07 Å². The van der Waals surface area contributed by atoms with Crippen LogP contribution < -0.4 is 5.73 Å². The van der Waals surface area contributed by atoms with Gasteiger partial charge in [0.05, 0.1) is 0 Å². The molecule has 0 aromatic carbocycles. The Hall–Kier alpha value is -1.20. The zero-order valence-electron chi connectivity index (χ0n) is 10.8. The van der Waals surface area contributed by atoms with Gasteiger partial charge in [0, 0.05) is 17.4 Å². The number of hydrogen-bond acceptors (Lipinski definition) is 4. The van der Waals surface area contributed by atoms with Crippen molar-refractivity contribution in [3.05, 3.63) is 28.0 Å². The summed E-state index contributed by atoms with van der Waals surface area (Å²) in [5, 5.41) is 10.6. The fraction of sp³-hybridized carbons (Fsp3) is 0.538. The molecule has 0 fully saturated rings. The van der Waals surface area contributed by atoms with Crippen molar-refractivity contribution in [1.82, 2.24) is 14.8 Å². The topological polar surface area (TPSA) is 56.7 Å². The molecule has 2 N–H and O–H groups in total. The second-order valence-electron chi connectivity index (χ2n) is 4.85. The van der Waals surface area contributed by atoms with Gasteiger partial charge in [-0.15, -0.1) is 10.2 Å². The predicted molar refractivity (Wildman–Crippen MR) is 73.2 cm³/mol. The fourth-order valence-electron chi connectivity index (χ4n) is 2.68. The van der Waals surface area contributed by atoms with Crippen LogP contribution in [0.1, 0.15) is 47.8 Å². The van der Waals surface area contributed by atoms with Crippen molar-refractivity contribution in [1.29, 1.82) is 0 Å². The zero-order chi connectivity index (χ0) is 12.7. The Morgan fingerprint density at radius 1 is 1.50 bits per heavy atom. The minimum atomic E-state index is 0.187. The smallest absolute Gasteiger partial charge is 0.216 e. The molecular weight excluding hydrogens is 244 g/mol. The number of fused-ring (bicyclic) bond motifs is 1. The van der Waals surface area contributed by atoms with E-state index >= 15 is 0 Å². The fourth-order valence-corrected chi connectivity index (χ4v) is 3.55. The number of hydrogen-bond donors (Lipinski definition) is 1. The van der Waals surface area contributed by atoms with Crippen LogP contribution in [0, 0.1) is 6.92 Å². The maximum Gasteiger partial charge on any atom is 0.216 e. The minimum Gasteiger partial charge on any atom is -0.324 e. The maximum absolute atomic E-state index is 6.19. The van der Waals surface area contributed by atoms with E-state index in [1.54, 1.807) is 11.3 Å². The monoisotopic (exact) mass is 262 g/mol. The van der Waals surface area contributed by atoms with E-state index in [9.17, 15) is 0 Å². The summed E-state index contributed by atoms with van der Waals surface area (Å²) < 4.78 is 2.24. The van der Waals surface area contributed by atoms with E-state index < -0.39 is 0 Å². The van der Waals surface area contributed by atoms with Crippen molar-refractivity contribution in [2.45, 2.75) is 45.6 Å². The summed E-state index contributed by atoms with van der Waals surface area (Å²) in [7, 11) is 0. The van der Waals surface area contributed by atoms with Crippen LogP contribution in [-0.4, -0.2) is 14.8 Å². The van der Waals surface area contributed by atoms with Gasteiger partial charge >= 0.3 is 0 Å². The molecule has 0 saturated heterocycles. The largest absolute Gasteiger partial charge is 0.324 e. The molecule has 1 atom stereocenters. The molecule has 0 amide bonds. The minimum absolute atomic E-state index is 0.187. The predicted octanol–water partition coefficient (Wildman–Crippen LogP) is 2.54. The van der Waals surface area contributed by atoms with Crippen molar-refractivity contribution in [2.24, 2.45) is 5.73 Å². The molecule has 0 bridgehead atoms. The molecular formula is C13H18N4S. The molecule has 1 aliphatic carbocycles. The van der Waals surface area contributed by atoms with E-state index in [2.05, 4.69) is 34.7 Å². The molecule has 2 aromatic rings. The quantitative estimate of drug-likeness (QED) is 0.905. The van der Waals surface area contributed by atoms with Crippen LogP contribution in [0.5, 0.6) is 0 Å². The summed E-state index contributed by atoms with van der Waals surface area (Å²) >= 11 is 1.68. The van der Waals surface area contributed by atoms with Crippen molar-refractivity contribution < 1.29 is 0 Å². The SMILES string of the molecule is CCc1nnc(-n2c(C)cc3c2CCCC3N)s1. The Bertz CT molecular complexity index is 570. The lowest BCUT2D eigenvalue weighted by molar-refractivity contribution is 0.559. The third-order valence-electron chi connectivity index (χ3n) is 3.60. The van der Waals surface area contributed by atoms with E-state index in [0.717, 1.165) is 35.8 Å². The standard InChI is InChI=1S/C13H18N4S/c1-3-12-15-16-13(18-12)17-8(2)7-9-10(14)5-4-6-11(9)17/h7,10H,3-6,14H2,1-2H3. The number of rotatable bonds is 2. The summed E-state index contributed by atoms with van der Waals surface area (Å²) in [5.41, 5.74) is 10.0. The molecule has 0 spiro atoms. The Labute approximate surface area is 111 Å². The van der Waals surface area contributed by atoms with E-state index in [1.807, 2.05) is 0 Å². The Morgan fingerprint density at radius 3 is 3.06 bits per heavy atom. The first-order chi connectivity index (χ1) is 8.70. The molecule has 0 saturated carbocycles. The van der Waals surface area contributed by atoms with Crippen LogP contribution in [-0.2, 0) is 12.8 Å². The van der Waals surface area contributed by atoms with Gasteiger partial charge in [-0.05, 0) is 44.2 Å². The normalized spacial score (nSPS) is 18.9. The van der Waals surface area contributed by atoms with Crippen molar-refractivity contribution in [3.8, 4) is 5.13 Å². The molecule has 3 rings (SSSR count). The second-order valence-corrected chi connectivity index (χ2v) is 5.89. The number of aryl methyl sites for hydroxylation is 2. The summed E-state index contributed by atoms with van der Waals surface area (Å²) in [6.45, 7) is 4.23. The average molecular weight is 262 g/mol. The van der Waals surface area contributed by atoms with Crippen molar-refractivity contribution in [2.75, 3.05) is 0 Å². The first-order valence-corrected chi connectivity index (χ1v) is 7.31. The highest BCUT2D eigenvalue weighted by Crippen LogP contribution is 2.33. The zero-order valence-corrected chi connectivity index (χ0v) is 11.6. The lowest BCUT2D eigenvalue weighted by Gasteiger charge is -2.20. The number of aromatic nitrogens is 3. The van der Waals surface area contributed by atoms with Gasteiger partial charge in [0.1, 0.15) is 5.01 Å². The highest BCUT2D eigenvalue weighted by atomic mass is 32.1. The number of nitrogens with two attached hydrogens (primary N) is 1. The third kappa shape index (κ3) is 1.78. The summed E-state index contributed by atoms with van der Waals surface area (Å²) in [4.78, 5) is 0. The molecule has 96 valence electrons. The summed E-state index contributed by atoms with van der Waals surface area (Å²) in [6, 6.07) is 2.40. The Balaban J connectivity index is 2.11. The molecule has 2 heterocycles. The highest BCUT2D eigenvalue weighted by molar-refractivity contribution is 7.13. The van der Waals surface area contributed by atoms with Gasteiger partial charge in [-0.3, -0.25) is 4.57 Å². The van der Waals surface area contributed by atoms with Crippen LogP contribution in [0.3, 0.4) is 0 Å². The lowest BCUT2D eigenvalue weighted by atomic mass is 9.93. The molecule has 5 heteroatoms. The summed E-state index contributed by atoms with van der Waals surface area (Å²) in [6.07, 6.45) is 4.29. The van der Waals surface area contributed by atoms with Gasteiger partial charge in [-0.1, -0.05) is 18.3 Å². The third-order valence-corrected chi connectivity index (χ3v) is 4.65.